The number of carbonyl (C=O) groups excluding carboxylic acids is 2. The number of nitrogens with one attached hydrogen (secondary N) is 4. The molecule has 0 saturated carbocycles. The minimum Gasteiger partial charge on any atom is -0.484 e. The van der Waals surface area contributed by atoms with Crippen LogP contribution in [0, 0.1) is 0 Å². The van der Waals surface area contributed by atoms with Crippen molar-refractivity contribution in [2.45, 2.75) is 39.5 Å². The molecule has 0 unspecified atom stereocenters. The van der Waals surface area contributed by atoms with Crippen LogP contribution >= 0.6 is 24.4 Å². The Hall–Kier alpha value is -3.04. The Labute approximate surface area is 199 Å². The highest BCUT2D eigenvalue weighted by atomic mass is 32.1. The Kier molecular flexibility index (Phi) is 9.10. The number of anilines is 2. The number of amides is 2. The monoisotopic (exact) mass is 472 g/mol. The molecule has 170 valence electrons. The van der Waals surface area contributed by atoms with Gasteiger partial charge < -0.3 is 20.7 Å². The van der Waals surface area contributed by atoms with Gasteiger partial charge in [-0.05, 0) is 71.8 Å². The van der Waals surface area contributed by atoms with Gasteiger partial charge in [-0.15, -0.1) is 0 Å². The van der Waals surface area contributed by atoms with Crippen LogP contribution in [0.1, 0.15) is 39.7 Å². The fraction of sp³-hybridized carbons (Fsp3) is 0.304. The highest BCUT2D eigenvalue weighted by molar-refractivity contribution is 7.80. The molecule has 2 aromatic rings. The molecule has 0 aliphatic heterocycles. The topological polar surface area (TPSA) is 91.5 Å². The lowest BCUT2D eigenvalue weighted by Gasteiger charge is -2.19. The van der Waals surface area contributed by atoms with E-state index in [1.807, 2.05) is 24.3 Å². The van der Waals surface area contributed by atoms with Crippen molar-refractivity contribution < 1.29 is 14.3 Å². The van der Waals surface area contributed by atoms with Crippen molar-refractivity contribution in [1.29, 1.82) is 0 Å². The molecule has 9 heteroatoms. The van der Waals surface area contributed by atoms with Crippen LogP contribution in [0.2, 0.25) is 0 Å². The Bertz CT molecular complexity index is 968. The lowest BCUT2D eigenvalue weighted by molar-refractivity contribution is -0.121. The lowest BCUT2D eigenvalue weighted by Crippen LogP contribution is -2.37. The van der Waals surface area contributed by atoms with Crippen LogP contribution in [0.25, 0.3) is 0 Å². The van der Waals surface area contributed by atoms with E-state index in [1.54, 1.807) is 31.2 Å². The minimum atomic E-state index is -0.363. The third kappa shape index (κ3) is 8.60. The SMILES string of the molecule is CCC(=O)NC(=S)Nc1ccc(NC(=S)NC(=O)COc2ccc(C(C)(C)C)cc2)cc1. The molecule has 0 bridgehead atoms. The van der Waals surface area contributed by atoms with Gasteiger partial charge in [-0.3, -0.25) is 14.9 Å². The van der Waals surface area contributed by atoms with Crippen molar-refractivity contribution >= 4 is 57.8 Å². The first kappa shape index (κ1) is 25.2. The molecule has 32 heavy (non-hydrogen) atoms. The summed E-state index contributed by atoms with van der Waals surface area (Å²) in [6, 6.07) is 14.7. The van der Waals surface area contributed by atoms with Crippen molar-refractivity contribution in [3.8, 4) is 5.75 Å². The maximum absolute atomic E-state index is 12.1. The first-order chi connectivity index (χ1) is 15.1. The number of hydrogen-bond donors (Lipinski definition) is 4. The third-order valence-corrected chi connectivity index (χ3v) is 4.73. The summed E-state index contributed by atoms with van der Waals surface area (Å²) in [4.78, 5) is 23.5. The fourth-order valence-corrected chi connectivity index (χ4v) is 3.00. The van der Waals surface area contributed by atoms with Crippen molar-refractivity contribution in [3.05, 3.63) is 54.1 Å². The zero-order valence-electron chi connectivity index (χ0n) is 18.6. The summed E-state index contributed by atoms with van der Waals surface area (Å²) in [5, 5.41) is 11.4. The van der Waals surface area contributed by atoms with Gasteiger partial charge in [-0.25, -0.2) is 0 Å². The van der Waals surface area contributed by atoms with Crippen LogP contribution < -0.4 is 26.0 Å². The van der Waals surface area contributed by atoms with E-state index in [9.17, 15) is 9.59 Å². The van der Waals surface area contributed by atoms with Crippen molar-refractivity contribution in [2.75, 3.05) is 17.2 Å². The molecular formula is C23H28N4O3S2. The first-order valence-corrected chi connectivity index (χ1v) is 10.9. The molecule has 0 radical (unpaired) electrons. The average molecular weight is 473 g/mol. The summed E-state index contributed by atoms with van der Waals surface area (Å²) >= 11 is 10.3. The van der Waals surface area contributed by atoms with Crippen LogP contribution in [-0.4, -0.2) is 28.6 Å². The quantitative estimate of drug-likeness (QED) is 0.471. The largest absolute Gasteiger partial charge is 0.484 e. The van der Waals surface area contributed by atoms with Crippen LogP contribution in [0.15, 0.2) is 48.5 Å². The summed E-state index contributed by atoms with van der Waals surface area (Å²) in [5.74, 6) is 0.0913. The molecule has 2 amide bonds. The van der Waals surface area contributed by atoms with Crippen molar-refractivity contribution in [3.63, 3.8) is 0 Å². The standard InChI is InChI=1S/C23H28N4O3S2/c1-5-19(28)26-21(31)24-16-8-10-17(11-9-16)25-22(32)27-20(29)14-30-18-12-6-15(7-13-18)23(2,3)4/h6-13H,5,14H2,1-4H3,(H2,24,26,28,31)(H2,25,27,29,32). The lowest BCUT2D eigenvalue weighted by atomic mass is 9.87. The van der Waals surface area contributed by atoms with Gasteiger partial charge in [0.05, 0.1) is 0 Å². The number of thiocarbonyl (C=S) groups is 2. The van der Waals surface area contributed by atoms with Crippen molar-refractivity contribution in [1.82, 2.24) is 10.6 Å². The molecule has 0 fully saturated rings. The Morgan fingerprint density at radius 3 is 1.72 bits per heavy atom. The zero-order valence-corrected chi connectivity index (χ0v) is 20.2. The number of carbonyl (C=O) groups is 2. The number of benzene rings is 2. The highest BCUT2D eigenvalue weighted by Crippen LogP contribution is 2.24. The summed E-state index contributed by atoms with van der Waals surface area (Å²) < 4.78 is 5.52. The van der Waals surface area contributed by atoms with E-state index in [0.717, 1.165) is 0 Å². The number of rotatable bonds is 6. The van der Waals surface area contributed by atoms with Gasteiger partial charge in [-0.1, -0.05) is 39.8 Å². The highest BCUT2D eigenvalue weighted by Gasteiger charge is 2.13. The summed E-state index contributed by atoms with van der Waals surface area (Å²) in [6.07, 6.45) is 0.350. The van der Waals surface area contributed by atoms with Gasteiger partial charge in [0.25, 0.3) is 5.91 Å². The average Bonchev–Trinajstić information content (AvgIpc) is 2.73. The number of hydrogen-bond acceptors (Lipinski definition) is 5. The predicted octanol–water partition coefficient (Wildman–Crippen LogP) is 4.10. The predicted molar refractivity (Wildman–Crippen MR) is 136 cm³/mol. The maximum Gasteiger partial charge on any atom is 0.264 e. The first-order valence-electron chi connectivity index (χ1n) is 10.1. The van der Waals surface area contributed by atoms with E-state index in [4.69, 9.17) is 29.2 Å². The minimum absolute atomic E-state index is 0.0545. The molecular weight excluding hydrogens is 444 g/mol. The molecule has 0 heterocycles. The molecule has 0 aromatic heterocycles. The molecule has 0 aliphatic rings. The molecule has 4 N–H and O–H groups in total. The van der Waals surface area contributed by atoms with E-state index in [2.05, 4.69) is 42.0 Å². The van der Waals surface area contributed by atoms with Gasteiger partial charge in [0.15, 0.2) is 16.8 Å². The van der Waals surface area contributed by atoms with E-state index >= 15 is 0 Å². The Morgan fingerprint density at radius 2 is 1.28 bits per heavy atom. The van der Waals surface area contributed by atoms with E-state index < -0.39 is 0 Å². The van der Waals surface area contributed by atoms with Crippen LogP contribution in [0.5, 0.6) is 5.75 Å². The summed E-state index contributed by atoms with van der Waals surface area (Å²) in [5.41, 5.74) is 2.63. The normalized spacial score (nSPS) is 10.6. The Morgan fingerprint density at radius 1 is 0.812 bits per heavy atom. The second-order valence-corrected chi connectivity index (χ2v) is 8.82. The summed E-state index contributed by atoms with van der Waals surface area (Å²) in [6.45, 7) is 8.00. The van der Waals surface area contributed by atoms with E-state index in [-0.39, 0.29) is 34.1 Å². The Balaban J connectivity index is 1.77. The molecule has 2 rings (SSSR count). The third-order valence-electron chi connectivity index (χ3n) is 4.32. The number of ether oxygens (including phenoxy) is 1. The van der Waals surface area contributed by atoms with Crippen LogP contribution in [0.3, 0.4) is 0 Å². The van der Waals surface area contributed by atoms with Crippen LogP contribution in [0.4, 0.5) is 11.4 Å². The van der Waals surface area contributed by atoms with Gasteiger partial charge in [-0.2, -0.15) is 0 Å². The van der Waals surface area contributed by atoms with Gasteiger partial charge >= 0.3 is 0 Å². The molecule has 2 aromatic carbocycles. The smallest absolute Gasteiger partial charge is 0.264 e. The molecule has 0 atom stereocenters. The van der Waals surface area contributed by atoms with Gasteiger partial charge in [0.2, 0.25) is 5.91 Å². The maximum atomic E-state index is 12.1. The van der Waals surface area contributed by atoms with Crippen LogP contribution in [-0.2, 0) is 15.0 Å². The van der Waals surface area contributed by atoms with Crippen molar-refractivity contribution in [2.24, 2.45) is 0 Å². The second-order valence-electron chi connectivity index (χ2n) is 8.00. The molecule has 0 spiro atoms. The summed E-state index contributed by atoms with van der Waals surface area (Å²) in [7, 11) is 0. The molecule has 0 saturated heterocycles. The van der Waals surface area contributed by atoms with Gasteiger partial charge in [0, 0.05) is 17.8 Å². The van der Waals surface area contributed by atoms with E-state index in [0.29, 0.717) is 23.5 Å². The molecule has 0 aliphatic carbocycles. The van der Waals surface area contributed by atoms with E-state index in [1.165, 1.54) is 5.56 Å². The fourth-order valence-electron chi connectivity index (χ4n) is 2.54. The zero-order chi connectivity index (χ0) is 23.7. The van der Waals surface area contributed by atoms with Gasteiger partial charge in [0.1, 0.15) is 5.75 Å². The molecule has 7 nitrogen and oxygen atoms in total. The second kappa shape index (κ2) is 11.5.